The molecule has 4 heteroatoms. The van der Waals surface area contributed by atoms with Gasteiger partial charge in [0, 0.05) is 6.20 Å². The fraction of sp³-hybridized carbons (Fsp3) is 0.100. The molecule has 0 spiro atoms. The summed E-state index contributed by atoms with van der Waals surface area (Å²) >= 11 is 0. The van der Waals surface area contributed by atoms with Crippen molar-refractivity contribution in [2.75, 3.05) is 5.84 Å². The van der Waals surface area contributed by atoms with Gasteiger partial charge in [0.2, 0.25) is 5.78 Å². The highest BCUT2D eigenvalue weighted by molar-refractivity contribution is 5.79. The number of hydrogen-bond acceptors (Lipinski definition) is 2. The molecule has 2 aromatic heterocycles. The van der Waals surface area contributed by atoms with Crippen LogP contribution in [0.4, 0.5) is 0 Å². The summed E-state index contributed by atoms with van der Waals surface area (Å²) in [7, 11) is 0. The fourth-order valence-corrected chi connectivity index (χ4v) is 1.74. The predicted molar refractivity (Wildman–Crippen MR) is 55.6 cm³/mol. The molecule has 14 heavy (non-hydrogen) atoms. The Balaban J connectivity index is 2.60. The van der Waals surface area contributed by atoms with Gasteiger partial charge in [-0.15, -0.1) is 0 Å². The van der Waals surface area contributed by atoms with Crippen molar-refractivity contribution in [1.29, 1.82) is 0 Å². The quantitative estimate of drug-likeness (QED) is 0.538. The van der Waals surface area contributed by atoms with Gasteiger partial charge < -0.3 is 5.84 Å². The largest absolute Gasteiger partial charge is 0.336 e. The van der Waals surface area contributed by atoms with Crippen LogP contribution >= 0.6 is 0 Å². The van der Waals surface area contributed by atoms with Crippen LogP contribution in [0.15, 0.2) is 30.5 Å². The number of hydrogen-bond donors (Lipinski definition) is 1. The number of rotatable bonds is 0. The summed E-state index contributed by atoms with van der Waals surface area (Å²) < 4.78 is 3.60. The van der Waals surface area contributed by atoms with Crippen molar-refractivity contribution in [3.63, 3.8) is 0 Å². The van der Waals surface area contributed by atoms with E-state index in [1.807, 2.05) is 41.8 Å². The van der Waals surface area contributed by atoms with Gasteiger partial charge in [-0.05, 0) is 19.1 Å². The van der Waals surface area contributed by atoms with Crippen molar-refractivity contribution in [1.82, 2.24) is 14.1 Å². The summed E-state index contributed by atoms with van der Waals surface area (Å²) in [6, 6.07) is 7.99. The minimum Gasteiger partial charge on any atom is -0.336 e. The van der Waals surface area contributed by atoms with E-state index in [2.05, 4.69) is 4.98 Å². The molecule has 4 nitrogen and oxygen atoms in total. The van der Waals surface area contributed by atoms with Gasteiger partial charge >= 0.3 is 0 Å². The average Bonchev–Trinajstić information content (AvgIpc) is 2.67. The molecule has 0 saturated heterocycles. The normalized spacial score (nSPS) is 11.5. The third kappa shape index (κ3) is 0.750. The number of nitrogen functional groups attached to an aromatic ring is 1. The minimum absolute atomic E-state index is 0.781. The van der Waals surface area contributed by atoms with Gasteiger partial charge in [-0.2, -0.15) is 0 Å². The molecule has 70 valence electrons. The lowest BCUT2D eigenvalue weighted by Gasteiger charge is -1.91. The third-order valence-electron chi connectivity index (χ3n) is 2.49. The zero-order chi connectivity index (χ0) is 9.71. The maximum atomic E-state index is 5.84. The molecule has 0 bridgehead atoms. The molecule has 0 radical (unpaired) electrons. The Morgan fingerprint density at radius 2 is 2.07 bits per heavy atom. The van der Waals surface area contributed by atoms with Crippen LogP contribution in [0.25, 0.3) is 16.8 Å². The van der Waals surface area contributed by atoms with Crippen molar-refractivity contribution < 1.29 is 0 Å². The lowest BCUT2D eigenvalue weighted by molar-refractivity contribution is 0.977. The smallest absolute Gasteiger partial charge is 0.234 e. The lowest BCUT2D eigenvalue weighted by Crippen LogP contribution is -2.09. The Kier molecular flexibility index (Phi) is 1.21. The summed E-state index contributed by atoms with van der Waals surface area (Å²) in [5, 5.41) is 0. The maximum absolute atomic E-state index is 5.84. The number of para-hydroxylation sites is 2. The van der Waals surface area contributed by atoms with E-state index in [0.29, 0.717) is 0 Å². The molecular weight excluding hydrogens is 176 g/mol. The second-order valence-electron chi connectivity index (χ2n) is 3.41. The molecule has 3 aromatic rings. The van der Waals surface area contributed by atoms with Crippen LogP contribution in [0.1, 0.15) is 5.69 Å². The molecule has 0 amide bonds. The molecule has 0 aliphatic heterocycles. The van der Waals surface area contributed by atoms with Gasteiger partial charge in [0.1, 0.15) is 0 Å². The first-order chi connectivity index (χ1) is 6.77. The van der Waals surface area contributed by atoms with Crippen LogP contribution in [0.5, 0.6) is 0 Å². The highest BCUT2D eigenvalue weighted by Crippen LogP contribution is 2.16. The van der Waals surface area contributed by atoms with Crippen LogP contribution in [0.2, 0.25) is 0 Å². The summed E-state index contributed by atoms with van der Waals surface area (Å²) in [5.74, 6) is 6.62. The standard InChI is InChI=1S/C10H10N4/c1-7-6-13-9-5-3-2-4-8(9)12-10(13)14(7)11/h2-6H,11H2,1H3. The van der Waals surface area contributed by atoms with Crippen molar-refractivity contribution in [3.8, 4) is 0 Å². The van der Waals surface area contributed by atoms with E-state index in [0.717, 1.165) is 22.5 Å². The van der Waals surface area contributed by atoms with Gasteiger partial charge in [0.25, 0.3) is 0 Å². The predicted octanol–water partition coefficient (Wildman–Crippen LogP) is 1.31. The van der Waals surface area contributed by atoms with Crippen LogP contribution in [-0.2, 0) is 0 Å². The zero-order valence-electron chi connectivity index (χ0n) is 7.81. The van der Waals surface area contributed by atoms with Crippen molar-refractivity contribution >= 4 is 16.8 Å². The zero-order valence-corrected chi connectivity index (χ0v) is 7.81. The molecule has 0 aliphatic rings. The van der Waals surface area contributed by atoms with Crippen molar-refractivity contribution in [2.24, 2.45) is 0 Å². The molecule has 0 unspecified atom stereocenters. The number of fused-ring (bicyclic) bond motifs is 3. The van der Waals surface area contributed by atoms with Crippen LogP contribution < -0.4 is 5.84 Å². The first-order valence-corrected chi connectivity index (χ1v) is 4.47. The summed E-state index contributed by atoms with van der Waals surface area (Å²) in [6.45, 7) is 1.96. The number of nitrogens with two attached hydrogens (primary N) is 1. The molecule has 0 saturated carbocycles. The molecule has 2 N–H and O–H groups in total. The first-order valence-electron chi connectivity index (χ1n) is 4.47. The monoisotopic (exact) mass is 186 g/mol. The Hall–Kier alpha value is -1.97. The fourth-order valence-electron chi connectivity index (χ4n) is 1.74. The minimum atomic E-state index is 0.781. The Morgan fingerprint density at radius 3 is 2.93 bits per heavy atom. The number of imidazole rings is 2. The Labute approximate surface area is 80.5 Å². The van der Waals surface area contributed by atoms with E-state index in [1.54, 1.807) is 4.68 Å². The van der Waals surface area contributed by atoms with E-state index in [4.69, 9.17) is 5.84 Å². The topological polar surface area (TPSA) is 48.2 Å². The second-order valence-corrected chi connectivity index (χ2v) is 3.41. The molecule has 1 aromatic carbocycles. The number of aromatic nitrogens is 3. The summed E-state index contributed by atoms with van der Waals surface area (Å²) in [5.41, 5.74) is 3.06. The molecule has 0 fully saturated rings. The van der Waals surface area contributed by atoms with Crippen LogP contribution in [0, 0.1) is 6.92 Å². The molecular formula is C10H10N4. The highest BCUT2D eigenvalue weighted by Gasteiger charge is 2.08. The summed E-state index contributed by atoms with van der Waals surface area (Å²) in [6.07, 6.45) is 1.99. The van der Waals surface area contributed by atoms with Crippen LogP contribution in [0.3, 0.4) is 0 Å². The van der Waals surface area contributed by atoms with Crippen molar-refractivity contribution in [2.45, 2.75) is 6.92 Å². The van der Waals surface area contributed by atoms with Gasteiger partial charge in [-0.3, -0.25) is 4.40 Å². The molecule has 3 rings (SSSR count). The number of aryl methyl sites for hydroxylation is 1. The number of nitrogens with zero attached hydrogens (tertiary/aromatic N) is 3. The Bertz CT molecular complexity index is 617. The first kappa shape index (κ1) is 7.44. The van der Waals surface area contributed by atoms with Crippen molar-refractivity contribution in [3.05, 3.63) is 36.2 Å². The van der Waals surface area contributed by atoms with E-state index < -0.39 is 0 Å². The van der Waals surface area contributed by atoms with E-state index in [1.165, 1.54) is 0 Å². The SMILES string of the molecule is Cc1cn2c3ccccc3nc2n1N. The molecule has 0 aliphatic carbocycles. The second kappa shape index (κ2) is 2.29. The summed E-state index contributed by atoms with van der Waals surface area (Å²) in [4.78, 5) is 4.44. The van der Waals surface area contributed by atoms with Gasteiger partial charge in [0.15, 0.2) is 0 Å². The van der Waals surface area contributed by atoms with Crippen LogP contribution in [-0.4, -0.2) is 14.1 Å². The molecule has 0 atom stereocenters. The maximum Gasteiger partial charge on any atom is 0.234 e. The molecule has 2 heterocycles. The Morgan fingerprint density at radius 1 is 1.29 bits per heavy atom. The van der Waals surface area contributed by atoms with E-state index >= 15 is 0 Å². The average molecular weight is 186 g/mol. The van der Waals surface area contributed by atoms with E-state index in [-0.39, 0.29) is 0 Å². The lowest BCUT2D eigenvalue weighted by atomic mass is 10.3. The highest BCUT2D eigenvalue weighted by atomic mass is 15.4. The number of benzene rings is 1. The van der Waals surface area contributed by atoms with Gasteiger partial charge in [0.05, 0.1) is 16.7 Å². The third-order valence-corrected chi connectivity index (χ3v) is 2.49. The van der Waals surface area contributed by atoms with Gasteiger partial charge in [-0.1, -0.05) is 12.1 Å². The van der Waals surface area contributed by atoms with Gasteiger partial charge in [-0.25, -0.2) is 9.66 Å². The van der Waals surface area contributed by atoms with E-state index in [9.17, 15) is 0 Å².